The van der Waals surface area contributed by atoms with Crippen LogP contribution in [0.1, 0.15) is 25.3 Å². The van der Waals surface area contributed by atoms with E-state index < -0.39 is 20.5 Å². The smallest absolute Gasteiger partial charge is 0.325 e. The van der Waals surface area contributed by atoms with Crippen molar-refractivity contribution >= 4 is 33.2 Å². The van der Waals surface area contributed by atoms with E-state index >= 15 is 0 Å². The Morgan fingerprint density at radius 2 is 1.62 bits per heavy atom. The largest absolute Gasteiger partial charge is 0.341 e. The molecule has 0 aromatic heterocycles. The quantitative estimate of drug-likeness (QED) is 0.695. The minimum atomic E-state index is -4.63. The van der Waals surface area contributed by atoms with E-state index in [1.807, 2.05) is 24.3 Å². The van der Waals surface area contributed by atoms with E-state index in [1.54, 1.807) is 0 Å². The van der Waals surface area contributed by atoms with Crippen LogP contribution >= 0.6 is 11.8 Å². The van der Waals surface area contributed by atoms with Crippen molar-refractivity contribution in [2.45, 2.75) is 35.3 Å². The van der Waals surface area contributed by atoms with Gasteiger partial charge in [0.15, 0.2) is 0 Å². The highest BCUT2D eigenvalue weighted by Crippen LogP contribution is 2.23. The number of alkyl halides is 2. The Labute approximate surface area is 155 Å². The fraction of sp³-hybridized carbons (Fsp3) is 0.278. The number of rotatable bonds is 7. The monoisotopic (exact) mass is 399 g/mol. The fourth-order valence-electron chi connectivity index (χ4n) is 2.13. The minimum absolute atomic E-state index is 0.179. The Hall–Kier alpha value is -1.93. The molecule has 0 heterocycles. The van der Waals surface area contributed by atoms with E-state index in [2.05, 4.69) is 19.2 Å². The number of amides is 1. The van der Waals surface area contributed by atoms with Crippen molar-refractivity contribution in [3.8, 4) is 0 Å². The molecule has 0 aliphatic heterocycles. The summed E-state index contributed by atoms with van der Waals surface area (Å²) in [5, 5.41) is 2.61. The second-order valence-electron chi connectivity index (χ2n) is 5.89. The third-order valence-electron chi connectivity index (χ3n) is 3.62. The summed E-state index contributed by atoms with van der Waals surface area (Å²) in [6, 6.07) is 12.6. The van der Waals surface area contributed by atoms with Gasteiger partial charge in [-0.05, 0) is 47.9 Å². The lowest BCUT2D eigenvalue weighted by molar-refractivity contribution is -0.113. The molecule has 0 atom stereocenters. The lowest BCUT2D eigenvalue weighted by Gasteiger charge is -2.08. The number of sulfone groups is 1. The molecule has 4 nitrogen and oxygen atoms in total. The van der Waals surface area contributed by atoms with Crippen LogP contribution in [0.3, 0.4) is 0 Å². The first kappa shape index (κ1) is 20.4. The highest BCUT2D eigenvalue weighted by molar-refractivity contribution is 8.00. The molecular weight excluding hydrogens is 380 g/mol. The molecule has 2 rings (SSSR count). The first-order valence-corrected chi connectivity index (χ1v) is 10.4. The van der Waals surface area contributed by atoms with Gasteiger partial charge in [0, 0.05) is 10.6 Å². The number of carbonyl (C=O) groups excluding carboxylic acids is 1. The Balaban J connectivity index is 1.91. The van der Waals surface area contributed by atoms with Crippen LogP contribution in [-0.4, -0.2) is 25.8 Å². The Kier molecular flexibility index (Phi) is 6.77. The van der Waals surface area contributed by atoms with Crippen LogP contribution in [0.15, 0.2) is 58.3 Å². The molecule has 1 N–H and O–H groups in total. The molecule has 2 aromatic carbocycles. The van der Waals surface area contributed by atoms with Gasteiger partial charge in [0.25, 0.3) is 0 Å². The first-order chi connectivity index (χ1) is 12.2. The zero-order valence-electron chi connectivity index (χ0n) is 14.3. The molecule has 0 aliphatic carbocycles. The number of anilines is 1. The molecule has 0 bridgehead atoms. The maximum atomic E-state index is 12.5. The highest BCUT2D eigenvalue weighted by atomic mass is 32.2. The molecule has 0 aliphatic rings. The Bertz CT molecular complexity index is 849. The van der Waals surface area contributed by atoms with Gasteiger partial charge in [-0.15, -0.1) is 11.8 Å². The average molecular weight is 399 g/mol. The number of halogens is 2. The number of benzene rings is 2. The van der Waals surface area contributed by atoms with Gasteiger partial charge in [-0.1, -0.05) is 26.0 Å². The van der Waals surface area contributed by atoms with Gasteiger partial charge in [0.2, 0.25) is 15.7 Å². The molecule has 0 saturated carbocycles. The van der Waals surface area contributed by atoms with Crippen LogP contribution in [0.25, 0.3) is 0 Å². The predicted molar refractivity (Wildman–Crippen MR) is 99.5 cm³/mol. The summed E-state index contributed by atoms with van der Waals surface area (Å²) >= 11 is 1.37. The van der Waals surface area contributed by atoms with Crippen LogP contribution in [0.5, 0.6) is 0 Å². The molecule has 0 fully saturated rings. The number of hydrogen-bond acceptors (Lipinski definition) is 4. The molecule has 0 unspecified atom stereocenters. The molecule has 8 heteroatoms. The molecule has 0 spiro atoms. The Morgan fingerprint density at radius 3 is 2.12 bits per heavy atom. The maximum Gasteiger partial charge on any atom is 0.341 e. The lowest BCUT2D eigenvalue weighted by Crippen LogP contribution is -2.14. The van der Waals surface area contributed by atoms with E-state index in [0.717, 1.165) is 17.0 Å². The van der Waals surface area contributed by atoms with E-state index in [1.165, 1.54) is 29.5 Å². The van der Waals surface area contributed by atoms with Gasteiger partial charge >= 0.3 is 5.76 Å². The van der Waals surface area contributed by atoms with Gasteiger partial charge in [-0.2, -0.15) is 8.78 Å². The third-order valence-corrected chi connectivity index (χ3v) is 6.03. The van der Waals surface area contributed by atoms with Crippen molar-refractivity contribution in [3.05, 3.63) is 54.1 Å². The molecule has 1 amide bonds. The van der Waals surface area contributed by atoms with Crippen LogP contribution < -0.4 is 5.32 Å². The second kappa shape index (κ2) is 8.64. The summed E-state index contributed by atoms with van der Waals surface area (Å²) in [5.41, 5.74) is 1.57. The van der Waals surface area contributed by atoms with Crippen molar-refractivity contribution in [1.29, 1.82) is 0 Å². The van der Waals surface area contributed by atoms with Crippen LogP contribution in [0.4, 0.5) is 14.5 Å². The maximum absolute atomic E-state index is 12.5. The summed E-state index contributed by atoms with van der Waals surface area (Å²) in [7, 11) is -4.63. The minimum Gasteiger partial charge on any atom is -0.325 e. The van der Waals surface area contributed by atoms with Crippen LogP contribution in [-0.2, 0) is 14.6 Å². The van der Waals surface area contributed by atoms with Gasteiger partial charge in [-0.3, -0.25) is 4.79 Å². The topological polar surface area (TPSA) is 63.2 Å². The zero-order chi connectivity index (χ0) is 19.3. The zero-order valence-corrected chi connectivity index (χ0v) is 15.9. The van der Waals surface area contributed by atoms with Gasteiger partial charge in [0.05, 0.1) is 10.6 Å². The normalized spacial score (nSPS) is 11.8. The fourth-order valence-corrected chi connectivity index (χ4v) is 3.55. The number of carbonyl (C=O) groups is 1. The van der Waals surface area contributed by atoms with Crippen molar-refractivity contribution in [2.75, 3.05) is 11.1 Å². The van der Waals surface area contributed by atoms with Crippen molar-refractivity contribution in [1.82, 2.24) is 0 Å². The third kappa shape index (κ3) is 5.28. The van der Waals surface area contributed by atoms with E-state index in [-0.39, 0.29) is 11.7 Å². The van der Waals surface area contributed by atoms with Crippen molar-refractivity contribution in [3.63, 3.8) is 0 Å². The highest BCUT2D eigenvalue weighted by Gasteiger charge is 2.26. The number of nitrogens with one attached hydrogen (secondary N) is 1. The summed E-state index contributed by atoms with van der Waals surface area (Å²) in [6.07, 6.45) is 0. The second-order valence-corrected chi connectivity index (χ2v) is 8.86. The van der Waals surface area contributed by atoms with Crippen LogP contribution in [0, 0.1) is 0 Å². The van der Waals surface area contributed by atoms with E-state index in [4.69, 9.17) is 0 Å². The molecule has 0 radical (unpaired) electrons. The predicted octanol–water partition coefficient (Wildman–Crippen LogP) is 4.54. The Morgan fingerprint density at radius 1 is 1.04 bits per heavy atom. The molecule has 0 saturated heterocycles. The summed E-state index contributed by atoms with van der Waals surface area (Å²) in [6.45, 7) is 4.21. The van der Waals surface area contributed by atoms with Crippen molar-refractivity contribution < 1.29 is 22.0 Å². The molecule has 140 valence electrons. The number of thioether (sulfide) groups is 1. The van der Waals surface area contributed by atoms with Gasteiger partial charge in [0.1, 0.15) is 0 Å². The standard InChI is InChI=1S/C18H19F2NO3S2/c1-12(2)13-3-7-15(8-4-13)25-11-17(22)21-14-5-9-16(10-6-14)26(23,24)18(19)20/h3-10,12,18H,11H2,1-2H3,(H,21,22). The SMILES string of the molecule is CC(C)c1ccc(SCC(=O)Nc2ccc(S(=O)(=O)C(F)F)cc2)cc1. The average Bonchev–Trinajstić information content (AvgIpc) is 2.60. The molecule has 2 aromatic rings. The summed E-state index contributed by atoms with van der Waals surface area (Å²) < 4.78 is 47.7. The van der Waals surface area contributed by atoms with E-state index in [9.17, 15) is 22.0 Å². The molecular formula is C18H19F2NO3S2. The van der Waals surface area contributed by atoms with Gasteiger partial charge < -0.3 is 5.32 Å². The first-order valence-electron chi connectivity index (χ1n) is 7.85. The van der Waals surface area contributed by atoms with Gasteiger partial charge in [-0.25, -0.2) is 8.42 Å². The van der Waals surface area contributed by atoms with E-state index in [0.29, 0.717) is 11.6 Å². The number of hydrogen-bond donors (Lipinski definition) is 1. The lowest BCUT2D eigenvalue weighted by atomic mass is 10.0. The van der Waals surface area contributed by atoms with Crippen LogP contribution in [0.2, 0.25) is 0 Å². The molecule has 26 heavy (non-hydrogen) atoms. The summed E-state index contributed by atoms with van der Waals surface area (Å²) in [5.74, 6) is -3.12. The summed E-state index contributed by atoms with van der Waals surface area (Å²) in [4.78, 5) is 12.5. The van der Waals surface area contributed by atoms with Crippen molar-refractivity contribution in [2.24, 2.45) is 0 Å².